The number of carboxylic acids is 1. The van der Waals surface area contributed by atoms with Crippen LogP contribution in [-0.2, 0) is 23.5 Å². The van der Waals surface area contributed by atoms with E-state index >= 15 is 0 Å². The molecule has 0 fully saturated rings. The Morgan fingerprint density at radius 3 is 2.71 bits per heavy atom. The predicted octanol–water partition coefficient (Wildman–Crippen LogP) is 0.673. The summed E-state index contributed by atoms with van der Waals surface area (Å²) >= 11 is 0. The minimum Gasteiger partial charge on any atom is -0.872 e. The summed E-state index contributed by atoms with van der Waals surface area (Å²) in [5.41, 5.74) is -1.05. The first-order chi connectivity index (χ1) is 13.3. The fourth-order valence-electron chi connectivity index (χ4n) is 3.73. The number of carbonyl (C=O) groups is 1. The molecule has 4 rings (SSSR count). The van der Waals surface area contributed by atoms with E-state index in [9.17, 15) is 30.0 Å². The monoisotopic (exact) mass is 381 g/mol. The Balaban J connectivity index is 2.02. The zero-order valence-corrected chi connectivity index (χ0v) is 15.0. The molecular weight excluding hydrogens is 364 g/mol. The van der Waals surface area contributed by atoms with Gasteiger partial charge >= 0.3 is 5.97 Å². The van der Waals surface area contributed by atoms with Crippen molar-refractivity contribution >= 4 is 16.9 Å². The largest absolute Gasteiger partial charge is 0.872 e. The third-order valence-corrected chi connectivity index (χ3v) is 5.31. The number of hydrogen-bond donors (Lipinski definition) is 3. The second-order valence-corrected chi connectivity index (χ2v) is 6.84. The first kappa shape index (κ1) is 18.1. The fourth-order valence-corrected chi connectivity index (χ4v) is 3.73. The third kappa shape index (κ3) is 2.42. The third-order valence-electron chi connectivity index (χ3n) is 5.31. The molecule has 0 saturated heterocycles. The van der Waals surface area contributed by atoms with Crippen LogP contribution in [-0.4, -0.2) is 30.8 Å². The second-order valence-electron chi connectivity index (χ2n) is 6.84. The minimum absolute atomic E-state index is 0.133. The van der Waals surface area contributed by atoms with E-state index in [0.717, 1.165) is 0 Å². The lowest BCUT2D eigenvalue weighted by molar-refractivity contribution is -0.268. The van der Waals surface area contributed by atoms with E-state index in [-0.39, 0.29) is 29.8 Å². The van der Waals surface area contributed by atoms with E-state index in [4.69, 9.17) is 0 Å². The molecule has 0 unspecified atom stereocenters. The van der Waals surface area contributed by atoms with Crippen LogP contribution in [0.2, 0.25) is 0 Å². The summed E-state index contributed by atoms with van der Waals surface area (Å²) in [6.45, 7) is 0.968. The van der Waals surface area contributed by atoms with Crippen molar-refractivity contribution in [3.05, 3.63) is 57.4 Å². The smallest absolute Gasteiger partial charge is 0.340 e. The summed E-state index contributed by atoms with van der Waals surface area (Å²) in [5.74, 6) is -1.65. The molecule has 0 radical (unpaired) electrons. The van der Waals surface area contributed by atoms with Crippen LogP contribution >= 0.6 is 0 Å². The van der Waals surface area contributed by atoms with Crippen molar-refractivity contribution < 1.29 is 25.2 Å². The van der Waals surface area contributed by atoms with E-state index in [1.165, 1.54) is 29.7 Å². The van der Waals surface area contributed by atoms with Crippen LogP contribution in [0.15, 0.2) is 35.1 Å². The van der Waals surface area contributed by atoms with Gasteiger partial charge in [0, 0.05) is 16.7 Å². The van der Waals surface area contributed by atoms with Gasteiger partial charge < -0.3 is 25.0 Å². The summed E-state index contributed by atoms with van der Waals surface area (Å²) < 4.78 is 1.39. The first-order valence-corrected chi connectivity index (χ1v) is 8.75. The van der Waals surface area contributed by atoms with Crippen molar-refractivity contribution in [3.8, 4) is 17.1 Å². The van der Waals surface area contributed by atoms with Crippen molar-refractivity contribution in [2.24, 2.45) is 0 Å². The molecule has 3 aromatic rings. The molecule has 144 valence electrons. The van der Waals surface area contributed by atoms with Crippen LogP contribution in [0.1, 0.15) is 30.0 Å². The van der Waals surface area contributed by atoms with E-state index < -0.39 is 23.7 Å². The standard InChI is InChI=1S/C20H18N2O6/c1-2-20(28,19(26)27)14-7-16-17-11(8-22(16)18(25)13(14)9-23)5-10-6-12(24)3-4-15(10)21-17/h3-7,23-24,28H,2,8-9H2,1H3,(H,26,27)/p-1/t20-/m0/s1. The summed E-state index contributed by atoms with van der Waals surface area (Å²) in [7, 11) is 0. The van der Waals surface area contributed by atoms with Crippen LogP contribution < -0.4 is 10.7 Å². The maximum atomic E-state index is 12.9. The van der Waals surface area contributed by atoms with Gasteiger partial charge in [-0.2, -0.15) is 0 Å². The highest BCUT2D eigenvalue weighted by Gasteiger charge is 2.40. The SMILES string of the molecule is CC[C@@](O)(C(=O)O)c1cc2n(c(=O)c1CO)Cc1cc3cc([O-])ccc3nc1-2. The number of benzene rings is 1. The van der Waals surface area contributed by atoms with Gasteiger partial charge in [0.15, 0.2) is 5.60 Å². The molecule has 1 aliphatic heterocycles. The predicted molar refractivity (Wildman–Crippen MR) is 97.7 cm³/mol. The van der Waals surface area contributed by atoms with Crippen LogP contribution in [0.4, 0.5) is 0 Å². The highest BCUT2D eigenvalue weighted by Crippen LogP contribution is 2.36. The number of aliphatic carboxylic acids is 1. The number of nitrogens with zero attached hydrogens (tertiary/aromatic N) is 2. The van der Waals surface area contributed by atoms with Gasteiger partial charge in [0.1, 0.15) is 0 Å². The van der Waals surface area contributed by atoms with Crippen molar-refractivity contribution in [1.29, 1.82) is 0 Å². The Morgan fingerprint density at radius 1 is 1.32 bits per heavy atom. The molecule has 0 amide bonds. The van der Waals surface area contributed by atoms with Crippen molar-refractivity contribution in [2.45, 2.75) is 32.1 Å². The topological polar surface area (TPSA) is 136 Å². The molecule has 0 bridgehead atoms. The highest BCUT2D eigenvalue weighted by molar-refractivity contribution is 5.86. The molecule has 2 aromatic heterocycles. The van der Waals surface area contributed by atoms with Gasteiger partial charge in [-0.25, -0.2) is 9.78 Å². The number of hydrogen-bond acceptors (Lipinski definition) is 6. The number of fused-ring (bicyclic) bond motifs is 4. The van der Waals surface area contributed by atoms with Crippen molar-refractivity contribution in [1.82, 2.24) is 9.55 Å². The van der Waals surface area contributed by atoms with Gasteiger partial charge in [-0.1, -0.05) is 19.1 Å². The molecule has 0 aliphatic carbocycles. The van der Waals surface area contributed by atoms with E-state index in [1.54, 1.807) is 12.1 Å². The molecule has 28 heavy (non-hydrogen) atoms. The second kappa shape index (κ2) is 6.15. The molecule has 3 N–H and O–H groups in total. The van der Waals surface area contributed by atoms with Crippen molar-refractivity contribution in [2.75, 3.05) is 0 Å². The molecule has 1 aliphatic rings. The van der Waals surface area contributed by atoms with Gasteiger partial charge in [-0.05, 0) is 30.0 Å². The van der Waals surface area contributed by atoms with Crippen LogP contribution in [0.5, 0.6) is 5.75 Å². The lowest BCUT2D eigenvalue weighted by Crippen LogP contribution is -2.39. The average molecular weight is 381 g/mol. The Hall–Kier alpha value is -3.23. The van der Waals surface area contributed by atoms with Gasteiger partial charge in [-0.15, -0.1) is 5.75 Å². The molecule has 1 atom stereocenters. The number of rotatable bonds is 4. The van der Waals surface area contributed by atoms with E-state index in [2.05, 4.69) is 4.98 Å². The fraction of sp³-hybridized carbons (Fsp3) is 0.250. The van der Waals surface area contributed by atoms with Crippen LogP contribution in [0, 0.1) is 0 Å². The minimum atomic E-state index is -2.30. The summed E-state index contributed by atoms with van der Waals surface area (Å²) in [4.78, 5) is 29.2. The molecule has 8 heteroatoms. The van der Waals surface area contributed by atoms with E-state index in [1.807, 2.05) is 0 Å². The lowest BCUT2D eigenvalue weighted by atomic mass is 9.87. The maximum absolute atomic E-state index is 12.9. The summed E-state index contributed by atoms with van der Waals surface area (Å²) in [6.07, 6.45) is -0.178. The number of aliphatic hydroxyl groups is 2. The Morgan fingerprint density at radius 2 is 2.07 bits per heavy atom. The molecule has 0 spiro atoms. The van der Waals surface area contributed by atoms with Crippen molar-refractivity contribution in [3.63, 3.8) is 0 Å². The first-order valence-electron chi connectivity index (χ1n) is 8.75. The zero-order chi connectivity index (χ0) is 20.2. The van der Waals surface area contributed by atoms with Crippen LogP contribution in [0.25, 0.3) is 22.3 Å². The quantitative estimate of drug-likeness (QED) is 0.473. The van der Waals surface area contributed by atoms with Gasteiger partial charge in [0.25, 0.3) is 5.56 Å². The zero-order valence-electron chi connectivity index (χ0n) is 15.0. The molecule has 8 nitrogen and oxygen atoms in total. The van der Waals surface area contributed by atoms with Crippen LogP contribution in [0.3, 0.4) is 0 Å². The molecular formula is C20H17N2O6-. The normalized spacial score (nSPS) is 14.5. The number of aromatic nitrogens is 2. The highest BCUT2D eigenvalue weighted by atomic mass is 16.4. The summed E-state index contributed by atoms with van der Waals surface area (Å²) in [5, 5.41) is 42.1. The molecule has 1 aromatic carbocycles. The Bertz CT molecular complexity index is 1200. The number of pyridine rings is 2. The lowest BCUT2D eigenvalue weighted by Gasteiger charge is -2.25. The molecule has 3 heterocycles. The van der Waals surface area contributed by atoms with Gasteiger partial charge in [0.2, 0.25) is 0 Å². The number of carboxylic acid groups (broad SMARTS) is 1. The number of aliphatic hydroxyl groups excluding tert-OH is 1. The van der Waals surface area contributed by atoms with E-state index in [0.29, 0.717) is 27.9 Å². The summed E-state index contributed by atoms with van der Waals surface area (Å²) in [6, 6.07) is 7.62. The Kier molecular flexibility index (Phi) is 3.99. The maximum Gasteiger partial charge on any atom is 0.340 e. The Labute approximate surface area is 159 Å². The molecule has 0 saturated carbocycles. The van der Waals surface area contributed by atoms with Gasteiger partial charge in [0.05, 0.1) is 30.1 Å². The average Bonchev–Trinajstić information content (AvgIpc) is 3.03. The van der Waals surface area contributed by atoms with Gasteiger partial charge in [-0.3, -0.25) is 4.79 Å².